The Kier molecular flexibility index (Phi) is 1.36. The molecule has 0 saturated heterocycles. The van der Waals surface area contributed by atoms with E-state index in [4.69, 9.17) is 0 Å². The molecule has 0 fully saturated rings. The molecule has 0 aliphatic carbocycles. The van der Waals surface area contributed by atoms with Crippen LogP contribution in [0.2, 0.25) is 0 Å². The van der Waals surface area contributed by atoms with Crippen molar-refractivity contribution in [3.8, 4) is 0 Å². The molecule has 2 aliphatic rings. The topological polar surface area (TPSA) is 35.8 Å². The predicted octanol–water partition coefficient (Wildman–Crippen LogP) is 0.616. The number of fused-ring (bicyclic) bond motifs is 1. The van der Waals surface area contributed by atoms with E-state index in [9.17, 15) is 5.11 Å². The highest BCUT2D eigenvalue weighted by atomic mass is 16.3. The molecule has 56 valence electrons. The van der Waals surface area contributed by atoms with Crippen LogP contribution >= 0.6 is 0 Å². The van der Waals surface area contributed by atoms with E-state index in [1.54, 1.807) is 23.4 Å². The lowest BCUT2D eigenvalue weighted by Gasteiger charge is -2.27. The van der Waals surface area contributed by atoms with Crippen LogP contribution in [0, 0.1) is 0 Å². The number of nitrogens with zero attached hydrogens (tertiary/aromatic N) is 2. The maximum Gasteiger partial charge on any atom is 0.152 e. The van der Waals surface area contributed by atoms with Crippen LogP contribution in [0.25, 0.3) is 0 Å². The van der Waals surface area contributed by atoms with Gasteiger partial charge in [0, 0.05) is 12.4 Å². The summed E-state index contributed by atoms with van der Waals surface area (Å²) in [6, 6.07) is 0. The largest absolute Gasteiger partial charge is 0.369 e. The van der Waals surface area contributed by atoms with E-state index in [0.29, 0.717) is 0 Å². The van der Waals surface area contributed by atoms with Crippen molar-refractivity contribution in [2.24, 2.45) is 4.99 Å². The van der Waals surface area contributed by atoms with Crippen molar-refractivity contribution >= 4 is 5.84 Å². The Balaban J connectivity index is 2.35. The molecule has 2 aliphatic heterocycles. The van der Waals surface area contributed by atoms with Crippen molar-refractivity contribution in [1.82, 2.24) is 4.90 Å². The molecule has 3 nitrogen and oxygen atoms in total. The minimum Gasteiger partial charge on any atom is -0.369 e. The first-order valence-corrected chi connectivity index (χ1v) is 3.44. The summed E-state index contributed by atoms with van der Waals surface area (Å²) in [7, 11) is 0. The molecule has 0 bridgehead atoms. The van der Waals surface area contributed by atoms with Crippen molar-refractivity contribution in [2.45, 2.75) is 6.23 Å². The number of amidine groups is 1. The molecular weight excluding hydrogens is 140 g/mol. The van der Waals surface area contributed by atoms with Gasteiger partial charge in [-0.25, -0.2) is 4.99 Å². The minimum atomic E-state index is -0.566. The molecule has 1 unspecified atom stereocenters. The molecule has 0 aromatic rings. The van der Waals surface area contributed by atoms with E-state index in [-0.39, 0.29) is 0 Å². The SMILES string of the molecule is OC1C=CN=C2C=CC=CN21. The smallest absolute Gasteiger partial charge is 0.152 e. The molecule has 0 amide bonds. The third-order valence-corrected chi connectivity index (χ3v) is 1.62. The molecule has 2 heterocycles. The summed E-state index contributed by atoms with van der Waals surface area (Å²) in [6.07, 6.45) is 10.1. The highest BCUT2D eigenvalue weighted by molar-refractivity contribution is 5.96. The second-order valence-electron chi connectivity index (χ2n) is 2.35. The van der Waals surface area contributed by atoms with Gasteiger partial charge in [-0.2, -0.15) is 0 Å². The van der Waals surface area contributed by atoms with Gasteiger partial charge >= 0.3 is 0 Å². The molecule has 0 radical (unpaired) electrons. The van der Waals surface area contributed by atoms with Gasteiger partial charge in [-0.3, -0.25) is 0 Å². The molecule has 3 heteroatoms. The van der Waals surface area contributed by atoms with Gasteiger partial charge in [0.25, 0.3) is 0 Å². The highest BCUT2D eigenvalue weighted by Gasteiger charge is 2.16. The Hall–Kier alpha value is -1.35. The zero-order valence-corrected chi connectivity index (χ0v) is 5.88. The van der Waals surface area contributed by atoms with E-state index in [1.165, 1.54) is 0 Å². The van der Waals surface area contributed by atoms with E-state index >= 15 is 0 Å². The fourth-order valence-corrected chi connectivity index (χ4v) is 1.07. The summed E-state index contributed by atoms with van der Waals surface area (Å²) in [5.74, 6) is 0.780. The van der Waals surface area contributed by atoms with Crippen molar-refractivity contribution in [2.75, 3.05) is 0 Å². The minimum absolute atomic E-state index is 0.566. The number of aliphatic hydroxyl groups excluding tert-OH is 1. The van der Waals surface area contributed by atoms with Crippen LogP contribution < -0.4 is 0 Å². The first-order valence-electron chi connectivity index (χ1n) is 3.44. The van der Waals surface area contributed by atoms with Crippen LogP contribution in [0.3, 0.4) is 0 Å². The van der Waals surface area contributed by atoms with Crippen molar-refractivity contribution in [3.05, 3.63) is 36.7 Å². The lowest BCUT2D eigenvalue weighted by atomic mass is 10.3. The van der Waals surface area contributed by atoms with Gasteiger partial charge < -0.3 is 10.0 Å². The van der Waals surface area contributed by atoms with Gasteiger partial charge in [-0.1, -0.05) is 6.08 Å². The first kappa shape index (κ1) is 6.37. The van der Waals surface area contributed by atoms with Crippen molar-refractivity contribution < 1.29 is 5.11 Å². The van der Waals surface area contributed by atoms with Gasteiger partial charge in [-0.05, 0) is 18.2 Å². The number of rotatable bonds is 0. The average Bonchev–Trinajstić information content (AvgIpc) is 2.06. The summed E-state index contributed by atoms with van der Waals surface area (Å²) in [5, 5.41) is 9.38. The number of hydrogen-bond donors (Lipinski definition) is 1. The fraction of sp³-hybridized carbons (Fsp3) is 0.125. The zero-order valence-electron chi connectivity index (χ0n) is 5.88. The molecule has 2 rings (SSSR count). The van der Waals surface area contributed by atoms with Gasteiger partial charge in [-0.15, -0.1) is 0 Å². The molecule has 1 atom stereocenters. The summed E-state index contributed by atoms with van der Waals surface area (Å²) in [6.45, 7) is 0. The summed E-state index contributed by atoms with van der Waals surface area (Å²) >= 11 is 0. The molecule has 0 aromatic heterocycles. The third kappa shape index (κ3) is 0.991. The van der Waals surface area contributed by atoms with Crippen LogP contribution in [-0.4, -0.2) is 22.1 Å². The lowest BCUT2D eigenvalue weighted by Crippen LogP contribution is -2.36. The molecule has 0 aromatic carbocycles. The predicted molar refractivity (Wildman–Crippen MR) is 42.7 cm³/mol. The number of aliphatic hydroxyl groups is 1. The van der Waals surface area contributed by atoms with Gasteiger partial charge in [0.15, 0.2) is 6.23 Å². The van der Waals surface area contributed by atoms with Gasteiger partial charge in [0.05, 0.1) is 0 Å². The van der Waals surface area contributed by atoms with E-state index < -0.39 is 6.23 Å². The lowest BCUT2D eigenvalue weighted by molar-refractivity contribution is 0.126. The quantitative estimate of drug-likeness (QED) is 0.546. The summed E-state index contributed by atoms with van der Waals surface area (Å²) < 4.78 is 0. The van der Waals surface area contributed by atoms with Gasteiger partial charge in [0.1, 0.15) is 5.84 Å². The van der Waals surface area contributed by atoms with Crippen LogP contribution in [0.15, 0.2) is 41.7 Å². The van der Waals surface area contributed by atoms with Crippen LogP contribution in [0.5, 0.6) is 0 Å². The second kappa shape index (κ2) is 2.36. The maximum absolute atomic E-state index is 9.38. The van der Waals surface area contributed by atoms with Crippen LogP contribution in [0.4, 0.5) is 0 Å². The van der Waals surface area contributed by atoms with E-state index in [2.05, 4.69) is 4.99 Å². The Bertz CT molecular complexity index is 276. The Morgan fingerprint density at radius 3 is 3.18 bits per heavy atom. The molecule has 1 N–H and O–H groups in total. The van der Waals surface area contributed by atoms with Crippen molar-refractivity contribution in [1.29, 1.82) is 0 Å². The van der Waals surface area contributed by atoms with Crippen LogP contribution in [0.1, 0.15) is 0 Å². The number of aliphatic imine (C=N–C) groups is 1. The Morgan fingerprint density at radius 2 is 2.36 bits per heavy atom. The maximum atomic E-state index is 9.38. The highest BCUT2D eigenvalue weighted by Crippen LogP contribution is 2.11. The second-order valence-corrected chi connectivity index (χ2v) is 2.35. The molecular formula is C8H8N2O. The molecule has 0 spiro atoms. The third-order valence-electron chi connectivity index (χ3n) is 1.62. The summed E-state index contributed by atoms with van der Waals surface area (Å²) in [5.41, 5.74) is 0. The summed E-state index contributed by atoms with van der Waals surface area (Å²) in [4.78, 5) is 5.76. The van der Waals surface area contributed by atoms with Crippen molar-refractivity contribution in [3.63, 3.8) is 0 Å². The normalized spacial score (nSPS) is 26.8. The Morgan fingerprint density at radius 1 is 1.45 bits per heavy atom. The molecule has 0 saturated carbocycles. The number of hydrogen-bond acceptors (Lipinski definition) is 3. The standard InChI is InChI=1S/C8H8N2O/c11-8-4-5-9-7-3-1-2-6-10(7)8/h1-6,8,11H. The first-order chi connectivity index (χ1) is 5.38. The van der Waals surface area contributed by atoms with E-state index in [1.807, 2.05) is 18.2 Å². The van der Waals surface area contributed by atoms with E-state index in [0.717, 1.165) is 5.84 Å². The van der Waals surface area contributed by atoms with Gasteiger partial charge in [0.2, 0.25) is 0 Å². The fourth-order valence-electron chi connectivity index (χ4n) is 1.07. The zero-order chi connectivity index (χ0) is 7.68. The number of allylic oxidation sites excluding steroid dienone is 2. The molecule has 11 heavy (non-hydrogen) atoms. The van der Waals surface area contributed by atoms with Crippen LogP contribution in [-0.2, 0) is 0 Å². The monoisotopic (exact) mass is 148 g/mol. The average molecular weight is 148 g/mol. The Labute approximate surface area is 64.7 Å².